The van der Waals surface area contributed by atoms with Crippen LogP contribution in [0.1, 0.15) is 21.5 Å². The van der Waals surface area contributed by atoms with Crippen LogP contribution in [0.5, 0.6) is 5.75 Å². The van der Waals surface area contributed by atoms with Gasteiger partial charge in [0.1, 0.15) is 11.9 Å². The van der Waals surface area contributed by atoms with Gasteiger partial charge >= 0.3 is 0 Å². The average molecular weight is 263 g/mol. The number of nitrogens with zero attached hydrogens (tertiary/aromatic N) is 1. The van der Waals surface area contributed by atoms with Gasteiger partial charge in [-0.15, -0.1) is 0 Å². The molecule has 1 heterocycles. The van der Waals surface area contributed by atoms with E-state index < -0.39 is 0 Å². The minimum Gasteiger partial charge on any atom is -0.496 e. The van der Waals surface area contributed by atoms with E-state index in [0.29, 0.717) is 13.2 Å². The third-order valence-corrected chi connectivity index (χ3v) is 3.57. The number of carbonyl (C=O) groups is 1. The molecule has 0 aliphatic carbocycles. The van der Waals surface area contributed by atoms with Gasteiger partial charge in [-0.2, -0.15) is 0 Å². The first-order chi connectivity index (χ1) is 9.02. The average Bonchev–Trinajstić information content (AvgIpc) is 2.40. The Morgan fingerprint density at radius 1 is 1.37 bits per heavy atom. The van der Waals surface area contributed by atoms with Crippen molar-refractivity contribution in [1.82, 2.24) is 4.90 Å². The molecule has 0 N–H and O–H groups in total. The van der Waals surface area contributed by atoms with Crippen LogP contribution in [0, 0.1) is 13.8 Å². The minimum atomic E-state index is -0.356. The smallest absolute Gasteiger partial charge is 0.193 e. The number of rotatable bonds is 3. The van der Waals surface area contributed by atoms with Gasteiger partial charge in [0.05, 0.1) is 13.7 Å². The SMILES string of the molecule is COc1cc(C)c(C(=O)C2CN(C)CCO2)cc1C. The summed E-state index contributed by atoms with van der Waals surface area (Å²) in [7, 11) is 3.65. The molecular weight excluding hydrogens is 242 g/mol. The quantitative estimate of drug-likeness (QED) is 0.780. The van der Waals surface area contributed by atoms with E-state index in [4.69, 9.17) is 9.47 Å². The van der Waals surface area contributed by atoms with Crippen LogP contribution < -0.4 is 4.74 Å². The molecule has 4 nitrogen and oxygen atoms in total. The summed E-state index contributed by atoms with van der Waals surface area (Å²) < 4.78 is 10.9. The lowest BCUT2D eigenvalue weighted by atomic mass is 9.97. The maximum Gasteiger partial charge on any atom is 0.193 e. The third-order valence-electron chi connectivity index (χ3n) is 3.57. The van der Waals surface area contributed by atoms with Gasteiger partial charge in [-0.05, 0) is 44.2 Å². The van der Waals surface area contributed by atoms with Crippen molar-refractivity contribution in [2.24, 2.45) is 0 Å². The van der Waals surface area contributed by atoms with Crippen LogP contribution in [0.25, 0.3) is 0 Å². The van der Waals surface area contributed by atoms with E-state index in [1.807, 2.05) is 33.0 Å². The number of ether oxygens (including phenoxy) is 2. The predicted molar refractivity (Wildman–Crippen MR) is 74.0 cm³/mol. The fraction of sp³-hybridized carbons (Fsp3) is 0.533. The summed E-state index contributed by atoms with van der Waals surface area (Å²) in [5, 5.41) is 0. The van der Waals surface area contributed by atoms with Crippen molar-refractivity contribution in [2.45, 2.75) is 20.0 Å². The van der Waals surface area contributed by atoms with Crippen LogP contribution in [0.15, 0.2) is 12.1 Å². The van der Waals surface area contributed by atoms with Crippen LogP contribution in [0.4, 0.5) is 0 Å². The fourth-order valence-electron chi connectivity index (χ4n) is 2.38. The van der Waals surface area contributed by atoms with Crippen molar-refractivity contribution in [3.05, 3.63) is 28.8 Å². The normalized spacial score (nSPS) is 20.3. The maximum atomic E-state index is 12.5. The fourth-order valence-corrected chi connectivity index (χ4v) is 2.38. The Labute approximate surface area is 114 Å². The molecule has 1 saturated heterocycles. The number of methoxy groups -OCH3 is 1. The molecule has 0 amide bonds. The maximum absolute atomic E-state index is 12.5. The number of aryl methyl sites for hydroxylation is 2. The summed E-state index contributed by atoms with van der Waals surface area (Å²) in [6.45, 7) is 6.03. The molecule has 0 bridgehead atoms. The number of ketones is 1. The van der Waals surface area contributed by atoms with E-state index >= 15 is 0 Å². The third kappa shape index (κ3) is 2.96. The van der Waals surface area contributed by atoms with Crippen LogP contribution >= 0.6 is 0 Å². The second-order valence-corrected chi connectivity index (χ2v) is 5.12. The van der Waals surface area contributed by atoms with Gasteiger partial charge in [0, 0.05) is 18.7 Å². The monoisotopic (exact) mass is 263 g/mol. The van der Waals surface area contributed by atoms with Crippen LogP contribution in [-0.2, 0) is 4.74 Å². The van der Waals surface area contributed by atoms with Crippen molar-refractivity contribution < 1.29 is 14.3 Å². The highest BCUT2D eigenvalue weighted by Gasteiger charge is 2.27. The van der Waals surface area contributed by atoms with Crippen LogP contribution in [0.2, 0.25) is 0 Å². The molecule has 1 atom stereocenters. The van der Waals surface area contributed by atoms with E-state index in [0.717, 1.165) is 29.0 Å². The first-order valence-electron chi connectivity index (χ1n) is 6.52. The highest BCUT2D eigenvalue weighted by atomic mass is 16.5. The Bertz CT molecular complexity index is 485. The Morgan fingerprint density at radius 3 is 2.74 bits per heavy atom. The number of benzene rings is 1. The number of likely N-dealkylation sites (N-methyl/N-ethyl adjacent to an activating group) is 1. The second-order valence-electron chi connectivity index (χ2n) is 5.12. The van der Waals surface area contributed by atoms with Gasteiger partial charge in [0.2, 0.25) is 0 Å². The Morgan fingerprint density at radius 2 is 2.11 bits per heavy atom. The zero-order valence-electron chi connectivity index (χ0n) is 12.0. The molecule has 19 heavy (non-hydrogen) atoms. The van der Waals surface area contributed by atoms with Crippen molar-refractivity contribution in [2.75, 3.05) is 33.9 Å². The van der Waals surface area contributed by atoms with E-state index in [2.05, 4.69) is 4.90 Å². The lowest BCUT2D eigenvalue weighted by molar-refractivity contribution is -0.00866. The summed E-state index contributed by atoms with van der Waals surface area (Å²) in [6, 6.07) is 3.81. The van der Waals surface area contributed by atoms with Crippen molar-refractivity contribution >= 4 is 5.78 Å². The lowest BCUT2D eigenvalue weighted by Gasteiger charge is -2.29. The molecule has 1 unspecified atom stereocenters. The number of hydrogen-bond donors (Lipinski definition) is 0. The number of morpholine rings is 1. The largest absolute Gasteiger partial charge is 0.496 e. The number of carbonyl (C=O) groups excluding carboxylic acids is 1. The van der Waals surface area contributed by atoms with E-state index in [1.165, 1.54) is 0 Å². The Kier molecular flexibility index (Phi) is 4.22. The molecule has 4 heteroatoms. The molecule has 0 saturated carbocycles. The Hall–Kier alpha value is -1.39. The van der Waals surface area contributed by atoms with Gasteiger partial charge in [0.25, 0.3) is 0 Å². The van der Waals surface area contributed by atoms with E-state index in [9.17, 15) is 4.79 Å². The second kappa shape index (κ2) is 5.72. The minimum absolute atomic E-state index is 0.0646. The predicted octanol–water partition coefficient (Wildman–Crippen LogP) is 1.83. The molecule has 1 aliphatic rings. The molecule has 0 spiro atoms. The van der Waals surface area contributed by atoms with Crippen molar-refractivity contribution in [1.29, 1.82) is 0 Å². The molecule has 1 aliphatic heterocycles. The highest BCUT2D eigenvalue weighted by molar-refractivity contribution is 6.01. The topological polar surface area (TPSA) is 38.8 Å². The van der Waals surface area contributed by atoms with Crippen molar-refractivity contribution in [3.8, 4) is 5.75 Å². The molecule has 104 valence electrons. The zero-order chi connectivity index (χ0) is 14.0. The molecule has 2 rings (SSSR count). The van der Waals surface area contributed by atoms with Gasteiger partial charge in [0.15, 0.2) is 5.78 Å². The molecular formula is C15H21NO3. The Balaban J connectivity index is 2.26. The van der Waals surface area contributed by atoms with Gasteiger partial charge in [-0.1, -0.05) is 0 Å². The number of hydrogen-bond acceptors (Lipinski definition) is 4. The summed E-state index contributed by atoms with van der Waals surface area (Å²) in [4.78, 5) is 14.6. The van der Waals surface area contributed by atoms with E-state index in [-0.39, 0.29) is 11.9 Å². The van der Waals surface area contributed by atoms with Crippen LogP contribution in [0.3, 0.4) is 0 Å². The lowest BCUT2D eigenvalue weighted by Crippen LogP contribution is -2.44. The van der Waals surface area contributed by atoms with Gasteiger partial charge in [-0.25, -0.2) is 0 Å². The van der Waals surface area contributed by atoms with Crippen molar-refractivity contribution in [3.63, 3.8) is 0 Å². The standard InChI is InChI=1S/C15H21NO3/c1-10-8-13(18-4)11(2)7-12(10)15(17)14-9-16(3)5-6-19-14/h7-8,14H,5-6,9H2,1-4H3. The highest BCUT2D eigenvalue weighted by Crippen LogP contribution is 2.24. The molecule has 1 fully saturated rings. The summed E-state index contributed by atoms with van der Waals surface area (Å²) in [5.41, 5.74) is 2.64. The summed E-state index contributed by atoms with van der Waals surface area (Å²) >= 11 is 0. The molecule has 1 aromatic carbocycles. The zero-order valence-corrected chi connectivity index (χ0v) is 12.0. The number of Topliss-reactive ketones (excluding diaryl/α,β-unsaturated/α-hetero) is 1. The first kappa shape index (κ1) is 14.0. The molecule has 0 radical (unpaired) electrons. The molecule has 1 aromatic rings. The first-order valence-corrected chi connectivity index (χ1v) is 6.52. The van der Waals surface area contributed by atoms with Crippen LogP contribution in [-0.4, -0.2) is 50.6 Å². The van der Waals surface area contributed by atoms with Gasteiger partial charge < -0.3 is 14.4 Å². The summed E-state index contributed by atoms with van der Waals surface area (Å²) in [5.74, 6) is 0.880. The summed E-state index contributed by atoms with van der Waals surface area (Å²) in [6.07, 6.45) is -0.356. The molecule has 0 aromatic heterocycles. The van der Waals surface area contributed by atoms with E-state index in [1.54, 1.807) is 7.11 Å². The van der Waals surface area contributed by atoms with Gasteiger partial charge in [-0.3, -0.25) is 4.79 Å².